The first kappa shape index (κ1) is 20.2. The molecule has 0 saturated carbocycles. The summed E-state index contributed by atoms with van der Waals surface area (Å²) in [5.41, 5.74) is -0.560. The normalized spacial score (nSPS) is 20.3. The SMILES string of the molecule is Fc1c(F)c(F)c(B2OC(c3ccccc3)(c3ccccc3)[C@@H]3CCCN23)c(F)c1F. The first-order chi connectivity index (χ1) is 15.0. The van der Waals surface area contributed by atoms with Crippen LogP contribution in [0.2, 0.25) is 0 Å². The quantitative estimate of drug-likeness (QED) is 0.263. The van der Waals surface area contributed by atoms with Gasteiger partial charge in [0.15, 0.2) is 29.1 Å². The van der Waals surface area contributed by atoms with E-state index in [1.165, 1.54) is 0 Å². The molecule has 0 spiro atoms. The van der Waals surface area contributed by atoms with E-state index in [9.17, 15) is 22.0 Å². The highest BCUT2D eigenvalue weighted by molar-refractivity contribution is 6.65. The van der Waals surface area contributed by atoms with Gasteiger partial charge in [-0.1, -0.05) is 60.7 Å². The topological polar surface area (TPSA) is 12.5 Å². The van der Waals surface area contributed by atoms with Crippen LogP contribution in [0.25, 0.3) is 0 Å². The van der Waals surface area contributed by atoms with Crippen molar-refractivity contribution in [2.75, 3.05) is 6.54 Å². The van der Waals surface area contributed by atoms with Gasteiger partial charge in [-0.05, 0) is 30.5 Å². The largest absolute Gasteiger partial charge is 0.426 e. The minimum atomic E-state index is -2.17. The van der Waals surface area contributed by atoms with Crippen molar-refractivity contribution >= 4 is 12.5 Å². The summed E-state index contributed by atoms with van der Waals surface area (Å²) in [5, 5.41) is 0. The van der Waals surface area contributed by atoms with Crippen molar-refractivity contribution in [1.82, 2.24) is 4.81 Å². The van der Waals surface area contributed by atoms with E-state index < -0.39 is 47.2 Å². The molecule has 31 heavy (non-hydrogen) atoms. The van der Waals surface area contributed by atoms with Crippen LogP contribution in [0.5, 0.6) is 0 Å². The van der Waals surface area contributed by atoms with Crippen molar-refractivity contribution in [3.05, 3.63) is 101 Å². The molecule has 3 aromatic carbocycles. The summed E-state index contributed by atoms with van der Waals surface area (Å²) in [4.78, 5) is 1.71. The summed E-state index contributed by atoms with van der Waals surface area (Å²) in [6.07, 6.45) is 1.36. The second kappa shape index (κ2) is 7.46. The van der Waals surface area contributed by atoms with Gasteiger partial charge in [-0.3, -0.25) is 0 Å². The van der Waals surface area contributed by atoms with Crippen molar-refractivity contribution in [2.24, 2.45) is 0 Å². The Morgan fingerprint density at radius 2 is 1.23 bits per heavy atom. The molecule has 1 atom stereocenters. The fourth-order valence-corrected chi connectivity index (χ4v) is 4.95. The second-order valence-electron chi connectivity index (χ2n) is 7.82. The van der Waals surface area contributed by atoms with Crippen LogP contribution in [0.1, 0.15) is 24.0 Å². The number of rotatable bonds is 3. The maximum Gasteiger partial charge on any atom is 0.426 e. The van der Waals surface area contributed by atoms with Gasteiger partial charge in [0.2, 0.25) is 0 Å². The number of nitrogens with zero attached hydrogens (tertiary/aromatic N) is 1. The highest BCUT2D eigenvalue weighted by Crippen LogP contribution is 2.49. The van der Waals surface area contributed by atoms with Crippen molar-refractivity contribution in [1.29, 1.82) is 0 Å². The summed E-state index contributed by atoms with van der Waals surface area (Å²) in [6.45, 7) is 0.413. The molecule has 0 bridgehead atoms. The summed E-state index contributed by atoms with van der Waals surface area (Å²) >= 11 is 0. The highest BCUT2D eigenvalue weighted by Gasteiger charge is 2.60. The Morgan fingerprint density at radius 1 is 0.742 bits per heavy atom. The van der Waals surface area contributed by atoms with E-state index in [4.69, 9.17) is 4.65 Å². The molecule has 158 valence electrons. The van der Waals surface area contributed by atoms with Crippen molar-refractivity contribution in [3.8, 4) is 0 Å². The van der Waals surface area contributed by atoms with Crippen molar-refractivity contribution in [2.45, 2.75) is 24.5 Å². The van der Waals surface area contributed by atoms with Gasteiger partial charge in [-0.2, -0.15) is 0 Å². The van der Waals surface area contributed by atoms with Gasteiger partial charge in [-0.25, -0.2) is 22.0 Å². The molecule has 0 aromatic heterocycles. The lowest BCUT2D eigenvalue weighted by atomic mass is 9.71. The minimum absolute atomic E-state index is 0.336. The number of benzene rings is 3. The zero-order valence-electron chi connectivity index (χ0n) is 16.3. The molecule has 5 rings (SSSR count). The average Bonchev–Trinajstić information content (AvgIpc) is 3.41. The van der Waals surface area contributed by atoms with Crippen LogP contribution in [-0.4, -0.2) is 24.4 Å². The number of hydrogen-bond acceptors (Lipinski definition) is 2. The summed E-state index contributed by atoms with van der Waals surface area (Å²) in [5.74, 6) is -9.82. The molecular formula is C23H17BF5NO. The van der Waals surface area contributed by atoms with Gasteiger partial charge in [0.1, 0.15) is 5.60 Å². The zero-order valence-corrected chi connectivity index (χ0v) is 16.3. The van der Waals surface area contributed by atoms with Gasteiger partial charge in [-0.15, -0.1) is 0 Å². The standard InChI is InChI=1S/C23H17BF5NO/c25-18-17(19(26)21(28)22(29)20(18)27)24-30-13-7-12-16(30)23(31-24,14-8-3-1-4-9-14)15-10-5-2-6-11-15/h1-6,8-11,16H,7,12-13H2/t16-/m0/s1. The molecule has 3 aromatic rings. The number of fused-ring (bicyclic) bond motifs is 1. The lowest BCUT2D eigenvalue weighted by Crippen LogP contribution is -2.49. The maximum absolute atomic E-state index is 14.7. The first-order valence-corrected chi connectivity index (χ1v) is 10.0. The molecule has 0 N–H and O–H groups in total. The minimum Gasteiger partial charge on any atom is -0.402 e. The lowest BCUT2D eigenvalue weighted by Gasteiger charge is -2.36. The van der Waals surface area contributed by atoms with Gasteiger partial charge < -0.3 is 9.47 Å². The van der Waals surface area contributed by atoms with Crippen LogP contribution >= 0.6 is 0 Å². The molecule has 2 saturated heterocycles. The molecule has 8 heteroatoms. The third-order valence-corrected chi connectivity index (χ3v) is 6.26. The van der Waals surface area contributed by atoms with E-state index in [1.54, 1.807) is 4.81 Å². The fourth-order valence-electron chi connectivity index (χ4n) is 4.95. The molecule has 2 fully saturated rings. The van der Waals surface area contributed by atoms with Crippen LogP contribution in [-0.2, 0) is 10.3 Å². The van der Waals surface area contributed by atoms with Gasteiger partial charge >= 0.3 is 7.05 Å². The Hall–Kier alpha value is -2.71. The average molecular weight is 429 g/mol. The maximum atomic E-state index is 14.7. The van der Waals surface area contributed by atoms with Crippen LogP contribution in [0, 0.1) is 29.1 Å². The Bertz CT molecular complexity index is 1060. The Morgan fingerprint density at radius 3 is 1.74 bits per heavy atom. The summed E-state index contributed by atoms with van der Waals surface area (Å²) in [7, 11) is -1.42. The first-order valence-electron chi connectivity index (χ1n) is 10.0. The summed E-state index contributed by atoms with van der Waals surface area (Å²) in [6, 6.07) is 18.1. The third-order valence-electron chi connectivity index (χ3n) is 6.26. The zero-order chi connectivity index (χ0) is 21.8. The Kier molecular flexibility index (Phi) is 4.86. The van der Waals surface area contributed by atoms with Gasteiger partial charge in [0.05, 0.1) is 0 Å². The van der Waals surface area contributed by atoms with E-state index in [-0.39, 0.29) is 6.04 Å². The van der Waals surface area contributed by atoms with E-state index in [0.29, 0.717) is 19.4 Å². The molecule has 2 heterocycles. The summed E-state index contributed by atoms with van der Waals surface area (Å²) < 4.78 is 77.5. The van der Waals surface area contributed by atoms with Crippen molar-refractivity contribution in [3.63, 3.8) is 0 Å². The molecule has 2 nitrogen and oxygen atoms in total. The number of hydrogen-bond donors (Lipinski definition) is 0. The fraction of sp³-hybridized carbons (Fsp3) is 0.217. The Balaban J connectivity index is 1.75. The molecule has 0 amide bonds. The van der Waals surface area contributed by atoms with E-state index in [0.717, 1.165) is 11.1 Å². The van der Waals surface area contributed by atoms with Crippen LogP contribution in [0.4, 0.5) is 22.0 Å². The molecule has 0 unspecified atom stereocenters. The van der Waals surface area contributed by atoms with Gasteiger partial charge in [0.25, 0.3) is 0 Å². The van der Waals surface area contributed by atoms with Crippen molar-refractivity contribution < 1.29 is 26.6 Å². The predicted octanol–water partition coefficient (Wildman–Crippen LogP) is 4.52. The molecule has 0 radical (unpaired) electrons. The predicted molar refractivity (Wildman–Crippen MR) is 106 cm³/mol. The third kappa shape index (κ3) is 2.85. The Labute approximate surface area is 176 Å². The van der Waals surface area contributed by atoms with E-state index in [1.807, 2.05) is 60.7 Å². The smallest absolute Gasteiger partial charge is 0.402 e. The number of halogens is 5. The molecular weight excluding hydrogens is 412 g/mol. The second-order valence-corrected chi connectivity index (χ2v) is 7.82. The van der Waals surface area contributed by atoms with Crippen LogP contribution in [0.15, 0.2) is 60.7 Å². The monoisotopic (exact) mass is 429 g/mol. The van der Waals surface area contributed by atoms with E-state index in [2.05, 4.69) is 0 Å². The molecule has 2 aliphatic rings. The van der Waals surface area contributed by atoms with E-state index >= 15 is 0 Å². The van der Waals surface area contributed by atoms with Crippen LogP contribution in [0.3, 0.4) is 0 Å². The highest BCUT2D eigenvalue weighted by atomic mass is 19.2. The van der Waals surface area contributed by atoms with Gasteiger partial charge in [0, 0.05) is 11.5 Å². The molecule has 0 aliphatic carbocycles. The lowest BCUT2D eigenvalue weighted by molar-refractivity contribution is 0.106. The van der Waals surface area contributed by atoms with Crippen LogP contribution < -0.4 is 5.46 Å². The molecule has 2 aliphatic heterocycles.